The molecule has 1 aliphatic carbocycles. The van der Waals surface area contributed by atoms with Crippen molar-refractivity contribution in [1.82, 2.24) is 5.32 Å². The number of anilines is 1. The Kier molecular flexibility index (Phi) is 5.01. The zero-order valence-corrected chi connectivity index (χ0v) is 12.2. The van der Waals surface area contributed by atoms with Crippen LogP contribution in [0.3, 0.4) is 0 Å². The topological polar surface area (TPSA) is 58.2 Å². The van der Waals surface area contributed by atoms with Gasteiger partial charge in [-0.3, -0.25) is 9.59 Å². The van der Waals surface area contributed by atoms with Gasteiger partial charge in [0.25, 0.3) is 0 Å². The molecule has 5 heteroatoms. The summed E-state index contributed by atoms with van der Waals surface area (Å²) in [5.74, 6) is -0.847. The fourth-order valence-corrected chi connectivity index (χ4v) is 2.69. The van der Waals surface area contributed by atoms with Crippen LogP contribution < -0.4 is 10.6 Å². The molecule has 0 radical (unpaired) electrons. The van der Waals surface area contributed by atoms with Gasteiger partial charge in [-0.15, -0.1) is 0 Å². The number of benzene rings is 1. The average molecular weight is 295 g/mol. The summed E-state index contributed by atoms with van der Waals surface area (Å²) in [4.78, 5) is 23.8. The number of nitrogens with one attached hydrogen (secondary N) is 2. The van der Waals surface area contributed by atoms with Crippen LogP contribution in [0.4, 0.5) is 5.69 Å². The molecule has 0 unspecified atom stereocenters. The highest BCUT2D eigenvalue weighted by atomic mass is 35.5. The van der Waals surface area contributed by atoms with Crippen molar-refractivity contribution in [1.29, 1.82) is 0 Å². The Morgan fingerprint density at radius 1 is 1.15 bits per heavy atom. The number of rotatable bonds is 2. The molecule has 2 amide bonds. The minimum atomic E-state index is -0.670. The largest absolute Gasteiger partial charge is 0.345 e. The summed E-state index contributed by atoms with van der Waals surface area (Å²) in [6.07, 6.45) is 4.32. The van der Waals surface area contributed by atoms with Gasteiger partial charge in [-0.05, 0) is 30.9 Å². The molecule has 1 saturated carbocycles. The molecule has 108 valence electrons. The van der Waals surface area contributed by atoms with Crippen LogP contribution in [0.15, 0.2) is 24.3 Å². The lowest BCUT2D eigenvalue weighted by atomic mass is 9.86. The van der Waals surface area contributed by atoms with Crippen molar-refractivity contribution in [3.63, 3.8) is 0 Å². The number of hydrogen-bond acceptors (Lipinski definition) is 2. The monoisotopic (exact) mass is 294 g/mol. The van der Waals surface area contributed by atoms with Crippen LogP contribution >= 0.6 is 11.6 Å². The van der Waals surface area contributed by atoms with Gasteiger partial charge in [-0.25, -0.2) is 0 Å². The van der Waals surface area contributed by atoms with E-state index >= 15 is 0 Å². The van der Waals surface area contributed by atoms with E-state index in [0.717, 1.165) is 19.3 Å². The van der Waals surface area contributed by atoms with Crippen LogP contribution in [0.2, 0.25) is 5.02 Å². The smallest absolute Gasteiger partial charge is 0.313 e. The van der Waals surface area contributed by atoms with E-state index in [9.17, 15) is 9.59 Å². The molecule has 1 aromatic rings. The molecule has 2 atom stereocenters. The standard InChI is InChI=1S/C15H19ClN2O2/c1-10-6-2-4-8-12(10)17-14(19)15(20)18-13-9-5-3-7-11(13)16/h3,5,7,9-10,12H,2,4,6,8H2,1H3,(H,17,19)(H,18,20)/t10-,12+/m1/s1. The Hall–Kier alpha value is -1.55. The highest BCUT2D eigenvalue weighted by molar-refractivity contribution is 6.41. The Bertz CT molecular complexity index is 504. The van der Waals surface area contributed by atoms with Crippen LogP contribution in [-0.2, 0) is 9.59 Å². The highest BCUT2D eigenvalue weighted by Crippen LogP contribution is 2.24. The van der Waals surface area contributed by atoms with Gasteiger partial charge in [0.2, 0.25) is 0 Å². The highest BCUT2D eigenvalue weighted by Gasteiger charge is 2.25. The zero-order chi connectivity index (χ0) is 14.5. The molecule has 0 spiro atoms. The first-order chi connectivity index (χ1) is 9.58. The van der Waals surface area contributed by atoms with Crippen molar-refractivity contribution in [2.24, 2.45) is 5.92 Å². The van der Waals surface area contributed by atoms with Crippen LogP contribution in [0.5, 0.6) is 0 Å². The first-order valence-corrected chi connectivity index (χ1v) is 7.32. The molecular weight excluding hydrogens is 276 g/mol. The molecule has 1 fully saturated rings. The van der Waals surface area contributed by atoms with Gasteiger partial charge in [-0.1, -0.05) is 43.5 Å². The third kappa shape index (κ3) is 3.73. The summed E-state index contributed by atoms with van der Waals surface area (Å²) >= 11 is 5.94. The summed E-state index contributed by atoms with van der Waals surface area (Å²) in [5, 5.41) is 5.76. The first-order valence-electron chi connectivity index (χ1n) is 6.94. The van der Waals surface area contributed by atoms with E-state index in [1.807, 2.05) is 0 Å². The maximum atomic E-state index is 11.9. The average Bonchev–Trinajstić information content (AvgIpc) is 2.43. The second-order valence-corrected chi connectivity index (χ2v) is 5.68. The van der Waals surface area contributed by atoms with Gasteiger partial charge in [0.05, 0.1) is 10.7 Å². The predicted octanol–water partition coefficient (Wildman–Crippen LogP) is 2.97. The second kappa shape index (κ2) is 6.75. The normalized spacial score (nSPS) is 22.1. The second-order valence-electron chi connectivity index (χ2n) is 5.28. The van der Waals surface area contributed by atoms with E-state index in [4.69, 9.17) is 11.6 Å². The lowest BCUT2D eigenvalue weighted by Crippen LogP contribution is -2.45. The van der Waals surface area contributed by atoms with Gasteiger partial charge in [0.15, 0.2) is 0 Å². The molecule has 0 saturated heterocycles. The van der Waals surface area contributed by atoms with Crippen molar-refractivity contribution in [2.75, 3.05) is 5.32 Å². The fraction of sp³-hybridized carbons (Fsp3) is 0.467. The Labute approximate surface area is 123 Å². The summed E-state index contributed by atoms with van der Waals surface area (Å²) in [6, 6.07) is 6.94. The van der Waals surface area contributed by atoms with Crippen LogP contribution in [-0.4, -0.2) is 17.9 Å². The molecule has 2 rings (SSSR count). The lowest BCUT2D eigenvalue weighted by Gasteiger charge is -2.29. The van der Waals surface area contributed by atoms with Gasteiger partial charge >= 0.3 is 11.8 Å². The molecule has 0 aromatic heterocycles. The van der Waals surface area contributed by atoms with Crippen molar-refractivity contribution < 1.29 is 9.59 Å². The van der Waals surface area contributed by atoms with E-state index < -0.39 is 11.8 Å². The molecule has 20 heavy (non-hydrogen) atoms. The summed E-state index contributed by atoms with van der Waals surface area (Å²) in [5.41, 5.74) is 0.450. The Morgan fingerprint density at radius 3 is 2.55 bits per heavy atom. The van der Waals surface area contributed by atoms with Crippen molar-refractivity contribution in [2.45, 2.75) is 38.6 Å². The molecule has 2 N–H and O–H groups in total. The van der Waals surface area contributed by atoms with Gasteiger partial charge in [0, 0.05) is 6.04 Å². The van der Waals surface area contributed by atoms with E-state index in [0.29, 0.717) is 16.6 Å². The van der Waals surface area contributed by atoms with Gasteiger partial charge in [0.1, 0.15) is 0 Å². The molecule has 0 bridgehead atoms. The fourth-order valence-electron chi connectivity index (χ4n) is 2.51. The summed E-state index contributed by atoms with van der Waals surface area (Å²) < 4.78 is 0. The quantitative estimate of drug-likeness (QED) is 0.824. The molecule has 1 aliphatic rings. The summed E-state index contributed by atoms with van der Waals surface area (Å²) in [7, 11) is 0. The third-order valence-corrected chi connectivity index (χ3v) is 4.09. The maximum absolute atomic E-state index is 11.9. The number of carbonyl (C=O) groups excluding carboxylic acids is 2. The van der Waals surface area contributed by atoms with Crippen LogP contribution in [0, 0.1) is 5.92 Å². The summed E-state index contributed by atoms with van der Waals surface area (Å²) in [6.45, 7) is 2.11. The van der Waals surface area contributed by atoms with E-state index in [1.165, 1.54) is 6.42 Å². The zero-order valence-electron chi connectivity index (χ0n) is 11.5. The SMILES string of the molecule is C[C@@H]1CCCC[C@@H]1NC(=O)C(=O)Nc1ccccc1Cl. The number of carbonyl (C=O) groups is 2. The number of halogens is 1. The molecule has 1 aromatic carbocycles. The molecule has 4 nitrogen and oxygen atoms in total. The Morgan fingerprint density at radius 2 is 1.85 bits per heavy atom. The number of para-hydroxylation sites is 1. The Balaban J connectivity index is 1.92. The predicted molar refractivity (Wildman–Crippen MR) is 79.6 cm³/mol. The number of hydrogen-bond donors (Lipinski definition) is 2. The van der Waals surface area contributed by atoms with Crippen LogP contribution in [0.25, 0.3) is 0 Å². The minimum absolute atomic E-state index is 0.0910. The van der Waals surface area contributed by atoms with Crippen molar-refractivity contribution in [3.05, 3.63) is 29.3 Å². The van der Waals surface area contributed by atoms with Crippen molar-refractivity contribution >= 4 is 29.1 Å². The minimum Gasteiger partial charge on any atom is -0.345 e. The van der Waals surface area contributed by atoms with Gasteiger partial charge < -0.3 is 10.6 Å². The van der Waals surface area contributed by atoms with E-state index in [2.05, 4.69) is 17.6 Å². The number of amides is 2. The van der Waals surface area contributed by atoms with Gasteiger partial charge in [-0.2, -0.15) is 0 Å². The van der Waals surface area contributed by atoms with E-state index in [-0.39, 0.29) is 6.04 Å². The van der Waals surface area contributed by atoms with Crippen LogP contribution in [0.1, 0.15) is 32.6 Å². The molecule has 0 heterocycles. The first kappa shape index (κ1) is 14.9. The third-order valence-electron chi connectivity index (χ3n) is 3.76. The maximum Gasteiger partial charge on any atom is 0.313 e. The molecule has 0 aliphatic heterocycles. The van der Waals surface area contributed by atoms with E-state index in [1.54, 1.807) is 24.3 Å². The molecular formula is C15H19ClN2O2. The lowest BCUT2D eigenvalue weighted by molar-refractivity contribution is -0.137. The van der Waals surface area contributed by atoms with Crippen molar-refractivity contribution in [3.8, 4) is 0 Å².